The number of benzene rings is 2. The summed E-state index contributed by atoms with van der Waals surface area (Å²) in [5, 5.41) is 22.1. The molecule has 0 aromatic heterocycles. The number of aliphatic hydroxyl groups is 1. The van der Waals surface area contributed by atoms with Crippen molar-refractivity contribution in [2.24, 2.45) is 5.73 Å². The molecule has 0 radical (unpaired) electrons. The Balaban J connectivity index is 2.09. The van der Waals surface area contributed by atoms with Gasteiger partial charge in [0.2, 0.25) is 0 Å². The fourth-order valence-corrected chi connectivity index (χ4v) is 3.65. The normalized spacial score (nSPS) is 20.4. The molecule has 2 atom stereocenters. The minimum absolute atomic E-state index is 0.0808. The highest BCUT2D eigenvalue weighted by Crippen LogP contribution is 2.48. The zero-order chi connectivity index (χ0) is 19.1. The van der Waals surface area contributed by atoms with E-state index in [1.165, 1.54) is 17.0 Å². The number of nitro groups is 1. The molecule has 2 aromatic carbocycles. The van der Waals surface area contributed by atoms with Gasteiger partial charge in [-0.15, -0.1) is 0 Å². The van der Waals surface area contributed by atoms with E-state index in [4.69, 9.17) is 5.73 Å². The van der Waals surface area contributed by atoms with Crippen LogP contribution in [0.4, 0.5) is 10.5 Å². The van der Waals surface area contributed by atoms with Gasteiger partial charge in [-0.05, 0) is 16.7 Å². The summed E-state index contributed by atoms with van der Waals surface area (Å²) >= 11 is 0. The van der Waals surface area contributed by atoms with Crippen molar-refractivity contribution in [3.8, 4) is 0 Å². The van der Waals surface area contributed by atoms with Crippen molar-refractivity contribution in [1.82, 2.24) is 4.90 Å². The van der Waals surface area contributed by atoms with Crippen molar-refractivity contribution in [3.63, 3.8) is 0 Å². The minimum atomic E-state index is -0.935. The molecular formula is C19H21N3O4. The van der Waals surface area contributed by atoms with Crippen molar-refractivity contribution in [1.29, 1.82) is 0 Å². The van der Waals surface area contributed by atoms with Crippen LogP contribution in [0.5, 0.6) is 0 Å². The van der Waals surface area contributed by atoms with Crippen LogP contribution >= 0.6 is 0 Å². The molecule has 1 aliphatic carbocycles. The van der Waals surface area contributed by atoms with E-state index in [0.29, 0.717) is 5.56 Å². The van der Waals surface area contributed by atoms with Crippen LogP contribution in [0.3, 0.4) is 0 Å². The van der Waals surface area contributed by atoms with Crippen LogP contribution in [0, 0.1) is 10.1 Å². The Bertz CT molecular complexity index is 851. The monoisotopic (exact) mass is 355 g/mol. The van der Waals surface area contributed by atoms with Gasteiger partial charge >= 0.3 is 6.03 Å². The number of hydrogen-bond donors (Lipinski definition) is 2. The van der Waals surface area contributed by atoms with Crippen molar-refractivity contribution in [2.75, 3.05) is 0 Å². The van der Waals surface area contributed by atoms with E-state index in [-0.39, 0.29) is 12.2 Å². The Hall–Kier alpha value is -2.93. The van der Waals surface area contributed by atoms with Gasteiger partial charge in [0.25, 0.3) is 5.69 Å². The molecule has 1 aliphatic rings. The van der Waals surface area contributed by atoms with Gasteiger partial charge in [0, 0.05) is 24.1 Å². The van der Waals surface area contributed by atoms with Gasteiger partial charge in [0.05, 0.1) is 17.1 Å². The molecule has 0 aliphatic heterocycles. The molecule has 0 saturated carbocycles. The van der Waals surface area contributed by atoms with Gasteiger partial charge < -0.3 is 15.7 Å². The zero-order valence-electron chi connectivity index (χ0n) is 14.6. The number of fused-ring (bicyclic) bond motifs is 1. The third-order valence-corrected chi connectivity index (χ3v) is 5.11. The van der Waals surface area contributed by atoms with E-state index in [0.717, 1.165) is 11.1 Å². The number of hydrogen-bond acceptors (Lipinski definition) is 4. The summed E-state index contributed by atoms with van der Waals surface area (Å²) in [4.78, 5) is 24.2. The van der Waals surface area contributed by atoms with E-state index in [9.17, 15) is 20.0 Å². The summed E-state index contributed by atoms with van der Waals surface area (Å²) < 4.78 is 0. The Morgan fingerprint density at radius 2 is 1.92 bits per heavy atom. The molecular weight excluding hydrogens is 334 g/mol. The summed E-state index contributed by atoms with van der Waals surface area (Å²) in [7, 11) is 0. The van der Waals surface area contributed by atoms with E-state index < -0.39 is 28.5 Å². The molecule has 3 N–H and O–H groups in total. The van der Waals surface area contributed by atoms with E-state index in [2.05, 4.69) is 0 Å². The van der Waals surface area contributed by atoms with Gasteiger partial charge in [-0.2, -0.15) is 0 Å². The molecule has 2 unspecified atom stereocenters. The standard InChI is InChI=1S/C19H21N3O4/c1-19(2)15-9-8-13(22(25)26)10-14(15)16(17(19)23)21(18(20)24)11-12-6-4-3-5-7-12/h3-10,16-17,23H,11H2,1-2H3,(H2,20,24). The van der Waals surface area contributed by atoms with Crippen molar-refractivity contribution < 1.29 is 14.8 Å². The highest BCUT2D eigenvalue weighted by molar-refractivity contribution is 5.73. The number of nitrogens with two attached hydrogens (primary N) is 1. The van der Waals surface area contributed by atoms with Crippen LogP contribution in [-0.2, 0) is 12.0 Å². The summed E-state index contributed by atoms with van der Waals surface area (Å²) in [5.41, 5.74) is 7.06. The van der Waals surface area contributed by atoms with E-state index in [1.54, 1.807) is 6.07 Å². The van der Waals surface area contributed by atoms with E-state index in [1.807, 2.05) is 44.2 Å². The van der Waals surface area contributed by atoms with Gasteiger partial charge in [-0.25, -0.2) is 4.79 Å². The molecule has 0 spiro atoms. The molecule has 136 valence electrons. The maximum Gasteiger partial charge on any atom is 0.315 e. The highest BCUT2D eigenvalue weighted by atomic mass is 16.6. The third-order valence-electron chi connectivity index (χ3n) is 5.11. The topological polar surface area (TPSA) is 110 Å². The van der Waals surface area contributed by atoms with Crippen LogP contribution in [0.15, 0.2) is 48.5 Å². The number of carbonyl (C=O) groups excluding carboxylic acids is 1. The van der Waals surface area contributed by atoms with Crippen LogP contribution < -0.4 is 5.73 Å². The summed E-state index contributed by atoms with van der Waals surface area (Å²) in [6.45, 7) is 3.91. The van der Waals surface area contributed by atoms with Crippen molar-refractivity contribution in [3.05, 3.63) is 75.3 Å². The smallest absolute Gasteiger partial charge is 0.315 e. The van der Waals surface area contributed by atoms with Crippen molar-refractivity contribution >= 4 is 11.7 Å². The first-order chi connectivity index (χ1) is 12.2. The average Bonchev–Trinajstić information content (AvgIpc) is 2.80. The lowest BCUT2D eigenvalue weighted by Gasteiger charge is -2.33. The molecule has 0 heterocycles. The van der Waals surface area contributed by atoms with E-state index >= 15 is 0 Å². The number of carbonyl (C=O) groups is 1. The first kappa shape index (κ1) is 17.9. The van der Waals surface area contributed by atoms with Crippen LogP contribution in [0.2, 0.25) is 0 Å². The largest absolute Gasteiger partial charge is 0.390 e. The zero-order valence-corrected chi connectivity index (χ0v) is 14.6. The molecule has 7 nitrogen and oxygen atoms in total. The number of rotatable bonds is 4. The molecule has 26 heavy (non-hydrogen) atoms. The number of nitrogens with zero attached hydrogens (tertiary/aromatic N) is 2. The number of amides is 2. The number of aliphatic hydroxyl groups excluding tert-OH is 1. The van der Waals surface area contributed by atoms with Crippen LogP contribution in [-0.4, -0.2) is 27.1 Å². The lowest BCUT2D eigenvalue weighted by molar-refractivity contribution is -0.385. The summed E-state index contributed by atoms with van der Waals surface area (Å²) in [6.07, 6.45) is -0.935. The Labute approximate surface area is 151 Å². The fraction of sp³-hybridized carbons (Fsp3) is 0.316. The molecule has 0 fully saturated rings. The first-order valence-corrected chi connectivity index (χ1v) is 8.30. The first-order valence-electron chi connectivity index (χ1n) is 8.30. The second-order valence-corrected chi connectivity index (χ2v) is 7.09. The predicted octanol–water partition coefficient (Wildman–Crippen LogP) is 2.87. The summed E-state index contributed by atoms with van der Waals surface area (Å²) in [6, 6.07) is 12.3. The molecule has 2 amide bonds. The van der Waals surface area contributed by atoms with Gasteiger partial charge in [-0.3, -0.25) is 10.1 Å². The molecule has 0 bridgehead atoms. The number of non-ortho nitro benzene ring substituents is 1. The van der Waals surface area contributed by atoms with Gasteiger partial charge in [0.15, 0.2) is 0 Å². The quantitative estimate of drug-likeness (QED) is 0.649. The highest BCUT2D eigenvalue weighted by Gasteiger charge is 2.49. The maximum absolute atomic E-state index is 12.2. The second kappa shape index (κ2) is 6.42. The Morgan fingerprint density at radius 3 is 2.50 bits per heavy atom. The number of nitro benzene ring substituents is 1. The third kappa shape index (κ3) is 2.90. The minimum Gasteiger partial charge on any atom is -0.390 e. The number of primary amides is 1. The lowest BCUT2D eigenvalue weighted by Crippen LogP contribution is -2.44. The SMILES string of the molecule is CC1(C)c2ccc([N+](=O)[O-])cc2C(N(Cc2ccccc2)C(N)=O)C1O. The Morgan fingerprint density at radius 1 is 1.27 bits per heavy atom. The molecule has 2 aromatic rings. The molecule has 7 heteroatoms. The van der Waals surface area contributed by atoms with Crippen LogP contribution in [0.1, 0.15) is 36.6 Å². The van der Waals surface area contributed by atoms with Crippen LogP contribution in [0.25, 0.3) is 0 Å². The average molecular weight is 355 g/mol. The Kier molecular flexibility index (Phi) is 4.41. The fourth-order valence-electron chi connectivity index (χ4n) is 3.65. The van der Waals surface area contributed by atoms with Crippen molar-refractivity contribution in [2.45, 2.75) is 38.0 Å². The molecule has 3 rings (SSSR count). The second-order valence-electron chi connectivity index (χ2n) is 7.09. The maximum atomic E-state index is 12.2. The molecule has 0 saturated heterocycles. The van der Waals surface area contributed by atoms with Gasteiger partial charge in [-0.1, -0.05) is 50.2 Å². The summed E-state index contributed by atoms with van der Waals surface area (Å²) in [5.74, 6) is 0. The number of urea groups is 1. The lowest BCUT2D eigenvalue weighted by atomic mass is 9.84. The predicted molar refractivity (Wildman–Crippen MR) is 96.4 cm³/mol. The van der Waals surface area contributed by atoms with Gasteiger partial charge in [0.1, 0.15) is 0 Å².